The van der Waals surface area contributed by atoms with Gasteiger partial charge < -0.3 is 10.2 Å². The first kappa shape index (κ1) is 25.1. The van der Waals surface area contributed by atoms with Gasteiger partial charge in [-0.1, -0.05) is 17.7 Å². The number of thiophene rings is 1. The van der Waals surface area contributed by atoms with Crippen LogP contribution in [0.4, 0.5) is 17.6 Å². The molecule has 0 radical (unpaired) electrons. The summed E-state index contributed by atoms with van der Waals surface area (Å²) in [7, 11) is -4.51. The molecule has 3 rings (SSSR count). The van der Waals surface area contributed by atoms with Crippen LogP contribution in [0.25, 0.3) is 11.5 Å². The molecule has 0 aliphatic carbocycles. The summed E-state index contributed by atoms with van der Waals surface area (Å²) in [6.45, 7) is -0.789. The molecule has 0 saturated carbocycles. The highest BCUT2D eigenvalue weighted by Crippen LogP contribution is 2.33. The van der Waals surface area contributed by atoms with Crippen LogP contribution in [0, 0.1) is 5.82 Å². The summed E-state index contributed by atoms with van der Waals surface area (Å²) in [6.07, 6.45) is -4.52. The maximum Gasteiger partial charge on any atom is 0.389 e. The molecule has 0 spiro atoms. The third-order valence-corrected chi connectivity index (χ3v) is 8.10. The summed E-state index contributed by atoms with van der Waals surface area (Å²) in [5, 5.41) is 1.39. The van der Waals surface area contributed by atoms with E-state index in [1.54, 1.807) is 0 Å². The molecular formula is C19H16ClF4N3O4S2. The minimum absolute atomic E-state index is 0.00806. The van der Waals surface area contributed by atoms with Gasteiger partial charge in [0.15, 0.2) is 0 Å². The molecule has 3 aromatic rings. The van der Waals surface area contributed by atoms with E-state index in [9.17, 15) is 30.8 Å². The summed E-state index contributed by atoms with van der Waals surface area (Å²) in [5.41, 5.74) is 5.08. The van der Waals surface area contributed by atoms with E-state index in [0.717, 1.165) is 23.5 Å². The maximum absolute atomic E-state index is 14.9. The molecule has 0 saturated heterocycles. The minimum atomic E-state index is -4.67. The van der Waals surface area contributed by atoms with E-state index in [1.807, 2.05) is 0 Å². The molecule has 0 aliphatic heterocycles. The molecule has 178 valence electrons. The van der Waals surface area contributed by atoms with Gasteiger partial charge in [0.25, 0.3) is 10.0 Å². The minimum Gasteiger partial charge on any atom is -0.444 e. The summed E-state index contributed by atoms with van der Waals surface area (Å²) in [5.74, 6) is -2.23. The second-order valence-electron chi connectivity index (χ2n) is 6.82. The zero-order chi connectivity index (χ0) is 24.4. The van der Waals surface area contributed by atoms with Crippen LogP contribution in [-0.2, 0) is 21.4 Å². The molecule has 0 aliphatic rings. The Hall–Kier alpha value is -2.48. The highest BCUT2D eigenvalue weighted by molar-refractivity contribution is 7.91. The van der Waals surface area contributed by atoms with E-state index in [-0.39, 0.29) is 26.2 Å². The van der Waals surface area contributed by atoms with Crippen molar-refractivity contribution in [2.45, 2.75) is 35.8 Å². The summed E-state index contributed by atoms with van der Waals surface area (Å²) in [6, 6.07) is 2.78. The lowest BCUT2D eigenvalue weighted by atomic mass is 10.1. The maximum atomic E-state index is 14.9. The summed E-state index contributed by atoms with van der Waals surface area (Å²) >= 11 is 6.97. The molecule has 14 heteroatoms. The fourth-order valence-electron chi connectivity index (χ4n) is 3.01. The van der Waals surface area contributed by atoms with Gasteiger partial charge in [-0.25, -0.2) is 17.8 Å². The Kier molecular flexibility index (Phi) is 7.46. The average Bonchev–Trinajstić information content (AvgIpc) is 3.42. The number of halogens is 5. The first-order valence-electron chi connectivity index (χ1n) is 9.19. The monoisotopic (exact) mass is 525 g/mol. The number of sulfonamides is 1. The number of primary amides is 1. The van der Waals surface area contributed by atoms with Crippen molar-refractivity contribution in [2.24, 2.45) is 5.73 Å². The number of aromatic nitrogens is 1. The number of nitrogens with two attached hydrogens (primary N) is 1. The number of nitrogens with zero attached hydrogens (tertiary/aromatic N) is 2. The number of hydrogen-bond donors (Lipinski definition) is 1. The Morgan fingerprint density at radius 3 is 2.61 bits per heavy atom. The molecule has 2 N–H and O–H groups in total. The smallest absolute Gasteiger partial charge is 0.389 e. The number of rotatable bonds is 9. The zero-order valence-electron chi connectivity index (χ0n) is 16.6. The largest absolute Gasteiger partial charge is 0.444 e. The third-order valence-electron chi connectivity index (χ3n) is 4.56. The normalized spacial score (nSPS) is 13.4. The van der Waals surface area contributed by atoms with Crippen molar-refractivity contribution in [2.75, 3.05) is 0 Å². The van der Waals surface area contributed by atoms with Crippen LogP contribution in [0.2, 0.25) is 5.02 Å². The van der Waals surface area contributed by atoms with E-state index >= 15 is 0 Å². The van der Waals surface area contributed by atoms with Crippen molar-refractivity contribution < 1.29 is 35.2 Å². The molecule has 0 bridgehead atoms. The number of amides is 1. The van der Waals surface area contributed by atoms with Crippen LogP contribution in [0.1, 0.15) is 18.4 Å². The van der Waals surface area contributed by atoms with Crippen LogP contribution in [0.5, 0.6) is 0 Å². The molecule has 2 heterocycles. The fraction of sp³-hybridized carbons (Fsp3) is 0.263. The number of carbonyl (C=O) groups excluding carboxylic acids is 1. The average molecular weight is 526 g/mol. The Morgan fingerprint density at radius 1 is 1.33 bits per heavy atom. The number of carbonyl (C=O) groups is 1. The van der Waals surface area contributed by atoms with Gasteiger partial charge in [-0.05, 0) is 30.0 Å². The molecule has 1 aromatic carbocycles. The highest BCUT2D eigenvalue weighted by atomic mass is 35.5. The van der Waals surface area contributed by atoms with Gasteiger partial charge in [-0.15, -0.1) is 11.3 Å². The van der Waals surface area contributed by atoms with Gasteiger partial charge in [0.2, 0.25) is 11.8 Å². The first-order valence-corrected chi connectivity index (χ1v) is 11.9. The highest BCUT2D eigenvalue weighted by Gasteiger charge is 2.39. The lowest BCUT2D eigenvalue weighted by molar-refractivity contribution is -0.140. The SMILES string of the molecule is NC(=O)[C@@H](CCC(F)(F)F)N(Cc1cc(Cl)c(-c2ncco2)cc1F)S(=O)(=O)c1cccs1. The van der Waals surface area contributed by atoms with Crippen molar-refractivity contribution in [1.29, 1.82) is 0 Å². The van der Waals surface area contributed by atoms with E-state index < -0.39 is 53.4 Å². The predicted molar refractivity (Wildman–Crippen MR) is 112 cm³/mol. The number of alkyl halides is 3. The molecule has 1 atom stereocenters. The van der Waals surface area contributed by atoms with Crippen molar-refractivity contribution in [1.82, 2.24) is 9.29 Å². The summed E-state index contributed by atoms with van der Waals surface area (Å²) < 4.78 is 85.1. The van der Waals surface area contributed by atoms with E-state index in [1.165, 1.54) is 30.0 Å². The van der Waals surface area contributed by atoms with Crippen LogP contribution >= 0.6 is 22.9 Å². The molecule has 1 amide bonds. The van der Waals surface area contributed by atoms with Crippen molar-refractivity contribution in [3.63, 3.8) is 0 Å². The standard InChI is InChI=1S/C19H16ClF4N3O4S2/c20-13-8-11(14(21)9-12(13)18-26-5-6-31-18)10-27(33(29,30)16-2-1-7-32-16)15(17(25)28)3-4-19(22,23)24/h1-2,5-9,15H,3-4,10H2,(H2,25,28)/t15-/m1/s1. The predicted octanol–water partition coefficient (Wildman–Crippen LogP) is 4.58. The molecule has 33 heavy (non-hydrogen) atoms. The van der Waals surface area contributed by atoms with Crippen LogP contribution in [0.3, 0.4) is 0 Å². The van der Waals surface area contributed by atoms with E-state index in [4.69, 9.17) is 21.8 Å². The van der Waals surface area contributed by atoms with Crippen LogP contribution in [0.15, 0.2) is 50.7 Å². The van der Waals surface area contributed by atoms with Gasteiger partial charge in [-0.2, -0.15) is 17.5 Å². The Morgan fingerprint density at radius 2 is 2.06 bits per heavy atom. The Bertz CT molecular complexity index is 1220. The lowest BCUT2D eigenvalue weighted by Gasteiger charge is -2.29. The topological polar surface area (TPSA) is 106 Å². The van der Waals surface area contributed by atoms with Crippen molar-refractivity contribution in [3.05, 3.63) is 58.5 Å². The molecule has 0 fully saturated rings. The quantitative estimate of drug-likeness (QED) is 0.411. The summed E-state index contributed by atoms with van der Waals surface area (Å²) in [4.78, 5) is 15.9. The Balaban J connectivity index is 2.05. The van der Waals surface area contributed by atoms with Gasteiger partial charge in [0, 0.05) is 18.5 Å². The molecule has 2 aromatic heterocycles. The van der Waals surface area contributed by atoms with Crippen molar-refractivity contribution in [3.8, 4) is 11.5 Å². The second kappa shape index (κ2) is 9.79. The zero-order valence-corrected chi connectivity index (χ0v) is 18.9. The van der Waals surface area contributed by atoms with Gasteiger partial charge in [0.05, 0.1) is 16.8 Å². The second-order valence-corrected chi connectivity index (χ2v) is 10.3. The van der Waals surface area contributed by atoms with Gasteiger partial charge in [0.1, 0.15) is 22.3 Å². The van der Waals surface area contributed by atoms with Crippen LogP contribution in [-0.4, -0.2) is 35.8 Å². The first-order chi connectivity index (χ1) is 15.4. The molecule has 7 nitrogen and oxygen atoms in total. The van der Waals surface area contributed by atoms with Gasteiger partial charge >= 0.3 is 6.18 Å². The molecule has 0 unspecified atom stereocenters. The Labute approximate surface area is 194 Å². The fourth-order valence-corrected chi connectivity index (χ4v) is 6.01. The molecular weight excluding hydrogens is 510 g/mol. The van der Waals surface area contributed by atoms with E-state index in [0.29, 0.717) is 4.31 Å². The van der Waals surface area contributed by atoms with Gasteiger partial charge in [-0.3, -0.25) is 4.79 Å². The number of hydrogen-bond acceptors (Lipinski definition) is 6. The van der Waals surface area contributed by atoms with Crippen LogP contribution < -0.4 is 5.73 Å². The number of oxazole rings is 1. The number of benzene rings is 1. The third kappa shape index (κ3) is 5.91. The lowest BCUT2D eigenvalue weighted by Crippen LogP contribution is -2.47. The van der Waals surface area contributed by atoms with E-state index in [2.05, 4.69) is 4.98 Å². The van der Waals surface area contributed by atoms with Crippen molar-refractivity contribution >= 4 is 38.9 Å².